The molecule has 2 aromatic carbocycles. The summed E-state index contributed by atoms with van der Waals surface area (Å²) in [5.74, 6) is 12.2. The predicted molar refractivity (Wildman–Crippen MR) is 101 cm³/mol. The first-order valence-electron chi connectivity index (χ1n) is 8.58. The minimum absolute atomic E-state index is 0.345. The highest BCUT2D eigenvalue weighted by atomic mass is 16.5. The molecule has 0 spiro atoms. The Morgan fingerprint density at radius 2 is 1.84 bits per heavy atom. The topological polar surface area (TPSA) is 26.3 Å². The van der Waals surface area contributed by atoms with Crippen LogP contribution in [0, 0.1) is 23.7 Å². The van der Waals surface area contributed by atoms with E-state index in [1.165, 1.54) is 12.3 Å². The van der Waals surface area contributed by atoms with Gasteiger partial charge in [0.2, 0.25) is 0 Å². The van der Waals surface area contributed by atoms with Crippen molar-refractivity contribution in [3.05, 3.63) is 53.6 Å². The maximum Gasteiger partial charge on any atom is 0.304 e. The molecule has 0 bridgehead atoms. The monoisotopic (exact) mass is 328 g/mol. The van der Waals surface area contributed by atoms with Gasteiger partial charge in [0.25, 0.3) is 0 Å². The minimum atomic E-state index is -0.609. The number of benzene rings is 2. The van der Waals surface area contributed by atoms with E-state index in [2.05, 4.69) is 41.9 Å². The maximum absolute atomic E-state index is 11.5. The van der Waals surface area contributed by atoms with Gasteiger partial charge in [0.1, 0.15) is 0 Å². The number of hydrogen-bond donors (Lipinski definition) is 0. The molecule has 0 N–H and O–H groups in total. The Labute approximate surface area is 148 Å². The molecule has 0 aromatic heterocycles. The highest BCUT2D eigenvalue weighted by Gasteiger charge is 2.14. The molecule has 2 aromatic rings. The Morgan fingerprint density at radius 1 is 1.08 bits per heavy atom. The zero-order valence-corrected chi connectivity index (χ0v) is 14.3. The predicted octanol–water partition coefficient (Wildman–Crippen LogP) is 4.74. The van der Waals surface area contributed by atoms with Gasteiger partial charge < -0.3 is 4.74 Å². The molecule has 1 aliphatic rings. The van der Waals surface area contributed by atoms with E-state index in [0.29, 0.717) is 0 Å². The Kier molecular flexibility index (Phi) is 5.55. The Morgan fingerprint density at radius 3 is 2.68 bits per heavy atom. The van der Waals surface area contributed by atoms with Crippen molar-refractivity contribution in [1.82, 2.24) is 0 Å². The first-order chi connectivity index (χ1) is 12.2. The zero-order chi connectivity index (χ0) is 17.5. The Hall–Kier alpha value is -2.97. The van der Waals surface area contributed by atoms with Crippen LogP contribution in [-0.2, 0) is 9.53 Å². The van der Waals surface area contributed by atoms with Crippen molar-refractivity contribution in [2.75, 3.05) is 0 Å². The summed E-state index contributed by atoms with van der Waals surface area (Å²) in [7, 11) is 0. The fraction of sp³-hybridized carbons (Fsp3) is 0.261. The lowest BCUT2D eigenvalue weighted by Gasteiger charge is -2.12. The average molecular weight is 328 g/mol. The van der Waals surface area contributed by atoms with E-state index in [9.17, 15) is 4.79 Å². The van der Waals surface area contributed by atoms with Crippen molar-refractivity contribution in [3.8, 4) is 23.7 Å². The minimum Gasteiger partial charge on any atom is -0.444 e. The second-order valence-electron chi connectivity index (χ2n) is 5.99. The number of fused-ring (bicyclic) bond motifs is 1. The van der Waals surface area contributed by atoms with Crippen LogP contribution in [0.5, 0.6) is 0 Å². The third-order valence-corrected chi connectivity index (χ3v) is 4.02. The molecule has 124 valence electrons. The molecule has 1 unspecified atom stereocenters. The lowest BCUT2D eigenvalue weighted by Crippen LogP contribution is -2.16. The van der Waals surface area contributed by atoms with Crippen LogP contribution in [0.1, 0.15) is 38.2 Å². The summed E-state index contributed by atoms with van der Waals surface area (Å²) in [5.41, 5.74) is 1.79. The van der Waals surface area contributed by atoms with Gasteiger partial charge in [-0.15, -0.1) is 0 Å². The molecule has 0 aliphatic heterocycles. The van der Waals surface area contributed by atoms with Gasteiger partial charge in [-0.1, -0.05) is 66.1 Å². The Bertz CT molecular complexity index is 924. The lowest BCUT2D eigenvalue weighted by molar-refractivity contribution is -0.142. The van der Waals surface area contributed by atoms with Gasteiger partial charge in [0, 0.05) is 19.8 Å². The number of hydrogen-bond acceptors (Lipinski definition) is 2. The highest BCUT2D eigenvalue weighted by molar-refractivity contribution is 5.91. The normalized spacial score (nSPS) is 18.6. The zero-order valence-electron chi connectivity index (χ0n) is 14.3. The summed E-state index contributed by atoms with van der Waals surface area (Å²) in [5, 5.41) is 2.31. The van der Waals surface area contributed by atoms with Gasteiger partial charge in [-0.05, 0) is 35.3 Å². The highest BCUT2D eigenvalue weighted by Crippen LogP contribution is 2.22. The van der Waals surface area contributed by atoms with Crippen LogP contribution < -0.4 is 0 Å². The second kappa shape index (κ2) is 8.22. The maximum atomic E-state index is 11.5. The second-order valence-corrected chi connectivity index (χ2v) is 5.99. The largest absolute Gasteiger partial charge is 0.444 e. The van der Waals surface area contributed by atoms with Crippen LogP contribution in [-0.4, -0.2) is 12.1 Å². The molecule has 0 saturated carbocycles. The van der Waals surface area contributed by atoms with E-state index < -0.39 is 6.10 Å². The molecule has 0 fully saturated rings. The molecule has 0 amide bonds. The average Bonchev–Trinajstić information content (AvgIpc) is 2.62. The van der Waals surface area contributed by atoms with Crippen LogP contribution >= 0.6 is 0 Å². The van der Waals surface area contributed by atoms with Crippen LogP contribution in [0.2, 0.25) is 0 Å². The van der Waals surface area contributed by atoms with Crippen molar-refractivity contribution in [2.45, 2.75) is 38.7 Å². The van der Waals surface area contributed by atoms with Crippen LogP contribution in [0.15, 0.2) is 48.0 Å². The first kappa shape index (κ1) is 16.9. The molecule has 25 heavy (non-hydrogen) atoms. The Balaban J connectivity index is 2.09. The molecule has 0 saturated heterocycles. The number of carbonyl (C=O) groups is 1. The van der Waals surface area contributed by atoms with Crippen molar-refractivity contribution < 1.29 is 9.53 Å². The van der Waals surface area contributed by atoms with E-state index in [0.717, 1.165) is 42.2 Å². The van der Waals surface area contributed by atoms with Gasteiger partial charge >= 0.3 is 5.97 Å². The molecule has 2 nitrogen and oxygen atoms in total. The summed E-state index contributed by atoms with van der Waals surface area (Å²) < 4.78 is 5.44. The summed E-state index contributed by atoms with van der Waals surface area (Å²) in [6.07, 6.45) is 5.10. The van der Waals surface area contributed by atoms with Crippen molar-refractivity contribution in [2.24, 2.45) is 0 Å². The molecule has 0 heterocycles. The quantitative estimate of drug-likeness (QED) is 0.588. The summed E-state index contributed by atoms with van der Waals surface area (Å²) in [6.45, 7) is 1.41. The van der Waals surface area contributed by atoms with Crippen LogP contribution in [0.25, 0.3) is 16.8 Å². The number of rotatable bonds is 2. The number of carbonyl (C=O) groups excluding carboxylic acids is 1. The van der Waals surface area contributed by atoms with Gasteiger partial charge in [0.15, 0.2) is 6.10 Å². The summed E-state index contributed by atoms with van der Waals surface area (Å²) >= 11 is 0. The molecule has 1 aliphatic carbocycles. The number of esters is 1. The summed E-state index contributed by atoms with van der Waals surface area (Å²) in [4.78, 5) is 11.5. The molecule has 3 rings (SSSR count). The third kappa shape index (κ3) is 4.52. The fourth-order valence-electron chi connectivity index (χ4n) is 2.81. The standard InChI is InChI=1S/C23H20O2/c1-18(24)25-23-16-7-5-3-2-4-6-12-21(23)17-20-14-10-13-19-11-8-9-15-22(19)20/h8-11,13-15,17,23H,2-5H2,1H3. The molecular weight excluding hydrogens is 308 g/mol. The van der Waals surface area contributed by atoms with E-state index in [1.54, 1.807) is 0 Å². The third-order valence-electron chi connectivity index (χ3n) is 4.02. The van der Waals surface area contributed by atoms with Gasteiger partial charge in [-0.3, -0.25) is 4.79 Å². The lowest BCUT2D eigenvalue weighted by atomic mass is 10.00. The van der Waals surface area contributed by atoms with Crippen LogP contribution in [0.4, 0.5) is 0 Å². The van der Waals surface area contributed by atoms with Gasteiger partial charge in [-0.25, -0.2) is 0 Å². The summed E-state index contributed by atoms with van der Waals surface area (Å²) in [6, 6.07) is 14.4. The smallest absolute Gasteiger partial charge is 0.304 e. The molecule has 0 radical (unpaired) electrons. The van der Waals surface area contributed by atoms with Crippen molar-refractivity contribution in [1.29, 1.82) is 0 Å². The molecule has 1 atom stereocenters. The molecular formula is C23H20O2. The molecule has 2 heteroatoms. The SMILES string of the molecule is CC(=O)OC1C#CCCCCC#CC1=Cc1cccc2ccccc12. The van der Waals surface area contributed by atoms with E-state index in [4.69, 9.17) is 4.74 Å². The van der Waals surface area contributed by atoms with E-state index in [1.807, 2.05) is 30.3 Å². The van der Waals surface area contributed by atoms with Crippen LogP contribution in [0.3, 0.4) is 0 Å². The van der Waals surface area contributed by atoms with Crippen molar-refractivity contribution in [3.63, 3.8) is 0 Å². The van der Waals surface area contributed by atoms with Gasteiger partial charge in [-0.2, -0.15) is 0 Å². The fourth-order valence-corrected chi connectivity index (χ4v) is 2.81. The van der Waals surface area contributed by atoms with E-state index in [-0.39, 0.29) is 5.97 Å². The number of ether oxygens (including phenoxy) is 1. The first-order valence-corrected chi connectivity index (χ1v) is 8.58. The van der Waals surface area contributed by atoms with Gasteiger partial charge in [0.05, 0.1) is 5.57 Å². The van der Waals surface area contributed by atoms with E-state index >= 15 is 0 Å². The van der Waals surface area contributed by atoms with Crippen molar-refractivity contribution >= 4 is 22.8 Å².